The quantitative estimate of drug-likeness (QED) is 0.405. The summed E-state index contributed by atoms with van der Waals surface area (Å²) in [5, 5.41) is 8.12. The Labute approximate surface area is 46.8 Å². The molecular formula is C4H8O4. The zero-order valence-corrected chi connectivity index (χ0v) is 4.59. The Morgan fingerprint density at radius 1 is 1.75 bits per heavy atom. The van der Waals surface area contributed by atoms with Crippen molar-refractivity contribution in [1.82, 2.24) is 0 Å². The largest absolute Gasteiger partial charge is 0.249 e. The summed E-state index contributed by atoms with van der Waals surface area (Å²) >= 11 is 0. The summed E-state index contributed by atoms with van der Waals surface area (Å²) < 4.78 is 0. The fourth-order valence-electron chi connectivity index (χ4n) is 0.496. The summed E-state index contributed by atoms with van der Waals surface area (Å²) in [6.07, 6.45) is 0.559. The van der Waals surface area contributed by atoms with Gasteiger partial charge in [-0.15, -0.1) is 0 Å². The second-order valence-corrected chi connectivity index (χ2v) is 1.88. The molecule has 0 aromatic heterocycles. The van der Waals surface area contributed by atoms with Crippen LogP contribution in [-0.2, 0) is 14.7 Å². The van der Waals surface area contributed by atoms with Crippen molar-refractivity contribution in [3.05, 3.63) is 0 Å². The van der Waals surface area contributed by atoms with Crippen LogP contribution in [0.4, 0.5) is 0 Å². The maximum absolute atomic E-state index is 8.12. The van der Waals surface area contributed by atoms with E-state index in [-0.39, 0.29) is 0 Å². The van der Waals surface area contributed by atoms with Gasteiger partial charge in [0.05, 0.1) is 6.61 Å². The monoisotopic (exact) mass is 120 g/mol. The van der Waals surface area contributed by atoms with Gasteiger partial charge in [-0.3, -0.25) is 0 Å². The fraction of sp³-hybridized carbons (Fsp3) is 1.00. The van der Waals surface area contributed by atoms with Gasteiger partial charge in [-0.25, -0.2) is 15.0 Å². The lowest BCUT2D eigenvalue weighted by Gasteiger charge is -2.13. The van der Waals surface area contributed by atoms with Crippen molar-refractivity contribution >= 4 is 0 Å². The summed E-state index contributed by atoms with van der Waals surface area (Å²) in [6, 6.07) is 0. The lowest BCUT2D eigenvalue weighted by molar-refractivity contribution is -0.457. The van der Waals surface area contributed by atoms with Crippen LogP contribution in [0, 0.1) is 0 Å². The molecule has 4 nitrogen and oxygen atoms in total. The molecule has 1 fully saturated rings. The van der Waals surface area contributed by atoms with E-state index < -0.39 is 5.79 Å². The van der Waals surface area contributed by atoms with Crippen LogP contribution in [0.15, 0.2) is 0 Å². The fourth-order valence-corrected chi connectivity index (χ4v) is 0.496. The van der Waals surface area contributed by atoms with Gasteiger partial charge < -0.3 is 0 Å². The molecule has 48 valence electrons. The van der Waals surface area contributed by atoms with Gasteiger partial charge in [0.2, 0.25) is 5.79 Å². The second-order valence-electron chi connectivity index (χ2n) is 1.88. The molecule has 0 aliphatic carbocycles. The molecule has 0 saturated carbocycles. The third-order valence-electron chi connectivity index (χ3n) is 1.07. The molecule has 8 heavy (non-hydrogen) atoms. The minimum Gasteiger partial charge on any atom is -0.249 e. The smallest absolute Gasteiger partial charge is 0.233 e. The normalized spacial score (nSPS) is 38.2. The summed E-state index contributed by atoms with van der Waals surface area (Å²) in [6.45, 7) is 2.07. The third-order valence-corrected chi connectivity index (χ3v) is 1.07. The van der Waals surface area contributed by atoms with E-state index in [4.69, 9.17) is 5.26 Å². The minimum atomic E-state index is -0.931. The maximum atomic E-state index is 8.12. The Bertz CT molecular complexity index is 76.1. The third kappa shape index (κ3) is 0.976. The van der Waals surface area contributed by atoms with Crippen LogP contribution in [0.5, 0.6) is 0 Å². The topological polar surface area (TPSA) is 47.9 Å². The molecule has 1 aliphatic heterocycles. The van der Waals surface area contributed by atoms with Crippen LogP contribution in [0.3, 0.4) is 0 Å². The first kappa shape index (κ1) is 5.97. The summed E-state index contributed by atoms with van der Waals surface area (Å²) in [7, 11) is 0. The maximum Gasteiger partial charge on any atom is 0.233 e. The highest BCUT2D eigenvalue weighted by Gasteiger charge is 2.33. The van der Waals surface area contributed by atoms with Crippen LogP contribution < -0.4 is 0 Å². The van der Waals surface area contributed by atoms with E-state index >= 15 is 0 Å². The summed E-state index contributed by atoms with van der Waals surface area (Å²) in [5.41, 5.74) is 0. The molecule has 1 heterocycles. The zero-order valence-electron chi connectivity index (χ0n) is 4.59. The van der Waals surface area contributed by atoms with Crippen LogP contribution in [0.1, 0.15) is 13.3 Å². The Balaban J connectivity index is 2.40. The van der Waals surface area contributed by atoms with Crippen molar-refractivity contribution in [3.63, 3.8) is 0 Å². The van der Waals surface area contributed by atoms with E-state index in [0.717, 1.165) is 0 Å². The molecule has 0 radical (unpaired) electrons. The Morgan fingerprint density at radius 3 is 2.75 bits per heavy atom. The van der Waals surface area contributed by atoms with E-state index in [9.17, 15) is 0 Å². The molecule has 0 aromatic rings. The first-order chi connectivity index (χ1) is 3.77. The highest BCUT2D eigenvalue weighted by Crippen LogP contribution is 2.22. The van der Waals surface area contributed by atoms with E-state index in [1.807, 2.05) is 0 Å². The van der Waals surface area contributed by atoms with Crippen LogP contribution in [0.25, 0.3) is 0 Å². The van der Waals surface area contributed by atoms with Crippen LogP contribution in [0.2, 0.25) is 0 Å². The van der Waals surface area contributed by atoms with Gasteiger partial charge in [-0.1, -0.05) is 0 Å². The van der Waals surface area contributed by atoms with Gasteiger partial charge in [0.1, 0.15) is 0 Å². The van der Waals surface area contributed by atoms with Crippen molar-refractivity contribution in [3.8, 4) is 0 Å². The van der Waals surface area contributed by atoms with Crippen molar-refractivity contribution in [2.75, 3.05) is 6.61 Å². The molecule has 1 atom stereocenters. The highest BCUT2D eigenvalue weighted by molar-refractivity contribution is 4.60. The molecule has 1 saturated heterocycles. The predicted molar refractivity (Wildman–Crippen MR) is 23.8 cm³/mol. The molecule has 0 aromatic carbocycles. The Kier molecular flexibility index (Phi) is 1.48. The van der Waals surface area contributed by atoms with Crippen molar-refractivity contribution in [2.45, 2.75) is 19.1 Å². The van der Waals surface area contributed by atoms with Gasteiger partial charge in [0, 0.05) is 6.42 Å². The van der Waals surface area contributed by atoms with Gasteiger partial charge in [-0.05, 0) is 6.92 Å². The average molecular weight is 120 g/mol. The van der Waals surface area contributed by atoms with Crippen LogP contribution in [-0.4, -0.2) is 17.7 Å². The first-order valence-corrected chi connectivity index (χ1v) is 2.40. The lowest BCUT2D eigenvalue weighted by atomic mass is 10.2. The Hall–Kier alpha value is -0.160. The molecule has 1 aliphatic rings. The molecule has 4 heteroatoms. The van der Waals surface area contributed by atoms with Gasteiger partial charge in [-0.2, -0.15) is 4.89 Å². The summed E-state index contributed by atoms with van der Waals surface area (Å²) in [4.78, 5) is 12.9. The molecule has 1 N–H and O–H groups in total. The average Bonchev–Trinajstić information content (AvgIpc) is 2.17. The van der Waals surface area contributed by atoms with E-state index in [2.05, 4.69) is 14.7 Å². The standard InChI is InChI=1S/C4H8O4/c1-4(7-5)2-3-6-8-4/h5H,2-3H2,1H3. The van der Waals surface area contributed by atoms with E-state index in [1.165, 1.54) is 0 Å². The van der Waals surface area contributed by atoms with Crippen molar-refractivity contribution in [1.29, 1.82) is 0 Å². The molecular weight excluding hydrogens is 112 g/mol. The van der Waals surface area contributed by atoms with Crippen molar-refractivity contribution < 1.29 is 19.9 Å². The SMILES string of the molecule is CC1(OO)CCOO1. The van der Waals surface area contributed by atoms with Crippen LogP contribution >= 0.6 is 0 Å². The predicted octanol–water partition coefficient (Wildman–Crippen LogP) is 0.544. The van der Waals surface area contributed by atoms with Gasteiger partial charge in [0.15, 0.2) is 0 Å². The van der Waals surface area contributed by atoms with Gasteiger partial charge >= 0.3 is 0 Å². The first-order valence-electron chi connectivity index (χ1n) is 2.40. The second kappa shape index (κ2) is 1.99. The van der Waals surface area contributed by atoms with Gasteiger partial charge in [0.25, 0.3) is 0 Å². The molecule has 0 bridgehead atoms. The summed E-state index contributed by atoms with van der Waals surface area (Å²) in [5.74, 6) is -0.931. The number of hydrogen-bond donors (Lipinski definition) is 1. The highest BCUT2D eigenvalue weighted by atomic mass is 17.3. The Morgan fingerprint density at radius 2 is 2.50 bits per heavy atom. The van der Waals surface area contributed by atoms with E-state index in [0.29, 0.717) is 13.0 Å². The van der Waals surface area contributed by atoms with Crippen molar-refractivity contribution in [2.24, 2.45) is 0 Å². The van der Waals surface area contributed by atoms with E-state index in [1.54, 1.807) is 6.92 Å². The lowest BCUT2D eigenvalue weighted by Crippen LogP contribution is -2.24. The molecule has 1 unspecified atom stereocenters. The molecule has 1 rings (SSSR count). The number of hydrogen-bond acceptors (Lipinski definition) is 4. The zero-order chi connectivity index (χ0) is 6.04. The molecule has 0 spiro atoms. The number of rotatable bonds is 1. The minimum absolute atomic E-state index is 0.469. The molecule has 0 amide bonds.